The van der Waals surface area contributed by atoms with Crippen molar-refractivity contribution in [2.24, 2.45) is 5.92 Å². The summed E-state index contributed by atoms with van der Waals surface area (Å²) in [5.41, 5.74) is 1.08. The molecule has 0 saturated carbocycles. The quantitative estimate of drug-likeness (QED) is 0.860. The molecule has 1 rings (SSSR count). The van der Waals surface area contributed by atoms with Crippen LogP contribution in [0, 0.1) is 5.92 Å². The topological polar surface area (TPSA) is 40.5 Å². The van der Waals surface area contributed by atoms with Crippen molar-refractivity contribution in [3.05, 3.63) is 34.9 Å². The Balaban J connectivity index is 2.83. The van der Waals surface area contributed by atoms with Gasteiger partial charge >= 0.3 is 5.97 Å². The highest BCUT2D eigenvalue weighted by atomic mass is 35.5. The molecule has 0 aliphatic rings. The average molecular weight is 270 g/mol. The van der Waals surface area contributed by atoms with Crippen LogP contribution in [0.1, 0.15) is 32.4 Å². The first-order valence-electron chi connectivity index (χ1n) is 6.11. The number of carbonyl (C=O) groups is 1. The van der Waals surface area contributed by atoms with Crippen LogP contribution in [0.2, 0.25) is 5.02 Å². The monoisotopic (exact) mass is 269 g/mol. The number of halogens is 1. The molecule has 1 aromatic rings. The fourth-order valence-electron chi connectivity index (χ4n) is 1.95. The molecule has 18 heavy (non-hydrogen) atoms. The first-order chi connectivity index (χ1) is 8.40. The summed E-state index contributed by atoms with van der Waals surface area (Å²) < 4.78 is 0. The molecule has 1 N–H and O–H groups in total. The van der Waals surface area contributed by atoms with Crippen molar-refractivity contribution in [3.8, 4) is 0 Å². The molecule has 1 atom stereocenters. The van der Waals surface area contributed by atoms with E-state index in [-0.39, 0.29) is 12.6 Å². The Morgan fingerprint density at radius 3 is 2.28 bits per heavy atom. The van der Waals surface area contributed by atoms with Crippen LogP contribution in [0.4, 0.5) is 0 Å². The van der Waals surface area contributed by atoms with Gasteiger partial charge in [0.1, 0.15) is 0 Å². The molecule has 0 amide bonds. The van der Waals surface area contributed by atoms with Gasteiger partial charge in [-0.05, 0) is 30.5 Å². The Labute approximate surface area is 113 Å². The lowest BCUT2D eigenvalue weighted by molar-refractivity contribution is -0.139. The lowest BCUT2D eigenvalue weighted by Crippen LogP contribution is -2.35. The van der Waals surface area contributed by atoms with E-state index in [0.29, 0.717) is 10.9 Å². The molecule has 3 nitrogen and oxygen atoms in total. The first kappa shape index (κ1) is 15.0. The maximum Gasteiger partial charge on any atom is 0.317 e. The van der Waals surface area contributed by atoms with Crippen LogP contribution in [0.5, 0.6) is 0 Å². The van der Waals surface area contributed by atoms with Crippen LogP contribution in [-0.2, 0) is 4.79 Å². The van der Waals surface area contributed by atoms with Crippen LogP contribution in [0.25, 0.3) is 0 Å². The van der Waals surface area contributed by atoms with Gasteiger partial charge in [-0.2, -0.15) is 0 Å². The summed E-state index contributed by atoms with van der Waals surface area (Å²) >= 11 is 5.86. The van der Waals surface area contributed by atoms with E-state index in [1.807, 2.05) is 36.1 Å². The highest BCUT2D eigenvalue weighted by Gasteiger charge is 2.19. The predicted molar refractivity (Wildman–Crippen MR) is 73.9 cm³/mol. The summed E-state index contributed by atoms with van der Waals surface area (Å²) in [7, 11) is 0. The van der Waals surface area contributed by atoms with Gasteiger partial charge < -0.3 is 5.11 Å². The van der Waals surface area contributed by atoms with Crippen molar-refractivity contribution in [1.29, 1.82) is 0 Å². The molecular weight excluding hydrogens is 250 g/mol. The van der Waals surface area contributed by atoms with Crippen molar-refractivity contribution >= 4 is 17.6 Å². The maximum atomic E-state index is 10.9. The Bertz CT molecular complexity index is 389. The fraction of sp³-hybridized carbons (Fsp3) is 0.500. The van der Waals surface area contributed by atoms with Gasteiger partial charge in [0.25, 0.3) is 0 Å². The number of nitrogens with zero attached hydrogens (tertiary/aromatic N) is 1. The third-order valence-electron chi connectivity index (χ3n) is 2.84. The highest BCUT2D eigenvalue weighted by Crippen LogP contribution is 2.22. The van der Waals surface area contributed by atoms with Crippen molar-refractivity contribution in [2.75, 3.05) is 13.1 Å². The minimum atomic E-state index is -0.795. The molecule has 0 saturated heterocycles. The number of carboxylic acids is 1. The summed E-state index contributed by atoms with van der Waals surface area (Å²) in [6.07, 6.45) is 0. The smallest absolute Gasteiger partial charge is 0.317 e. The summed E-state index contributed by atoms with van der Waals surface area (Å²) in [6.45, 7) is 7.01. The van der Waals surface area contributed by atoms with Gasteiger partial charge in [0, 0.05) is 17.6 Å². The zero-order valence-corrected chi connectivity index (χ0v) is 11.8. The van der Waals surface area contributed by atoms with Gasteiger partial charge in [0.05, 0.1) is 6.54 Å². The third kappa shape index (κ3) is 4.67. The molecular formula is C14H20ClNO2. The van der Waals surface area contributed by atoms with Gasteiger partial charge in [-0.1, -0.05) is 37.6 Å². The third-order valence-corrected chi connectivity index (χ3v) is 3.09. The second-order valence-electron chi connectivity index (χ2n) is 4.94. The summed E-state index contributed by atoms with van der Waals surface area (Å²) in [4.78, 5) is 12.9. The van der Waals surface area contributed by atoms with Crippen LogP contribution >= 0.6 is 11.6 Å². The molecule has 1 unspecified atom stereocenters. The minimum absolute atomic E-state index is 0.0575. The van der Waals surface area contributed by atoms with Gasteiger partial charge in [-0.15, -0.1) is 0 Å². The van der Waals surface area contributed by atoms with Gasteiger partial charge in [0.2, 0.25) is 0 Å². The maximum absolute atomic E-state index is 10.9. The lowest BCUT2D eigenvalue weighted by atomic mass is 10.1. The number of rotatable bonds is 6. The Kier molecular flexibility index (Phi) is 5.63. The van der Waals surface area contributed by atoms with E-state index < -0.39 is 5.97 Å². The summed E-state index contributed by atoms with van der Waals surface area (Å²) in [5.74, 6) is -0.365. The van der Waals surface area contributed by atoms with Gasteiger partial charge in [0.15, 0.2) is 0 Å². The fourth-order valence-corrected chi connectivity index (χ4v) is 2.08. The van der Waals surface area contributed by atoms with Crippen molar-refractivity contribution < 1.29 is 9.90 Å². The molecule has 0 bridgehead atoms. The second-order valence-corrected chi connectivity index (χ2v) is 5.38. The zero-order chi connectivity index (χ0) is 13.7. The van der Waals surface area contributed by atoms with Crippen LogP contribution < -0.4 is 0 Å². The normalized spacial score (nSPS) is 13.0. The minimum Gasteiger partial charge on any atom is -0.480 e. The van der Waals surface area contributed by atoms with Crippen molar-refractivity contribution in [1.82, 2.24) is 4.90 Å². The molecule has 100 valence electrons. The molecule has 0 spiro atoms. The zero-order valence-electron chi connectivity index (χ0n) is 11.1. The Morgan fingerprint density at radius 2 is 1.83 bits per heavy atom. The largest absolute Gasteiger partial charge is 0.480 e. The molecule has 0 aliphatic heterocycles. The predicted octanol–water partition coefficient (Wildman–Crippen LogP) is 3.44. The number of hydrogen-bond acceptors (Lipinski definition) is 2. The molecule has 0 aliphatic carbocycles. The lowest BCUT2D eigenvalue weighted by Gasteiger charge is -2.29. The molecule has 0 radical (unpaired) electrons. The van der Waals surface area contributed by atoms with E-state index in [9.17, 15) is 4.79 Å². The summed E-state index contributed by atoms with van der Waals surface area (Å²) in [6, 6.07) is 7.63. The Hall–Kier alpha value is -1.06. The number of hydrogen-bond donors (Lipinski definition) is 1. The number of benzene rings is 1. The van der Waals surface area contributed by atoms with E-state index in [4.69, 9.17) is 16.7 Å². The second kappa shape index (κ2) is 6.76. The van der Waals surface area contributed by atoms with Crippen molar-refractivity contribution in [2.45, 2.75) is 26.8 Å². The number of carboxylic acid groups (broad SMARTS) is 1. The van der Waals surface area contributed by atoms with Crippen LogP contribution in [-0.4, -0.2) is 29.1 Å². The van der Waals surface area contributed by atoms with E-state index in [0.717, 1.165) is 12.1 Å². The van der Waals surface area contributed by atoms with Crippen LogP contribution in [0.15, 0.2) is 24.3 Å². The van der Waals surface area contributed by atoms with Gasteiger partial charge in [-0.3, -0.25) is 9.69 Å². The van der Waals surface area contributed by atoms with Gasteiger partial charge in [-0.25, -0.2) is 0 Å². The Morgan fingerprint density at radius 1 is 1.28 bits per heavy atom. The first-order valence-corrected chi connectivity index (χ1v) is 6.49. The van der Waals surface area contributed by atoms with E-state index in [1.165, 1.54) is 0 Å². The molecule has 4 heteroatoms. The van der Waals surface area contributed by atoms with Crippen LogP contribution in [0.3, 0.4) is 0 Å². The number of aliphatic carboxylic acids is 1. The highest BCUT2D eigenvalue weighted by molar-refractivity contribution is 6.30. The van der Waals surface area contributed by atoms with E-state index in [2.05, 4.69) is 13.8 Å². The van der Waals surface area contributed by atoms with E-state index >= 15 is 0 Å². The summed E-state index contributed by atoms with van der Waals surface area (Å²) in [5, 5.41) is 9.67. The molecule has 0 heterocycles. The van der Waals surface area contributed by atoms with Crippen molar-refractivity contribution in [3.63, 3.8) is 0 Å². The molecule has 0 aromatic heterocycles. The van der Waals surface area contributed by atoms with E-state index in [1.54, 1.807) is 0 Å². The average Bonchev–Trinajstić information content (AvgIpc) is 2.27. The SMILES string of the molecule is CC(C)CN(CC(=O)O)C(C)c1ccc(Cl)cc1. The molecule has 0 fully saturated rings. The molecule has 1 aromatic carbocycles. The standard InChI is InChI=1S/C14H20ClNO2/c1-10(2)8-16(9-14(17)18)11(3)12-4-6-13(15)7-5-12/h4-7,10-11H,8-9H2,1-3H3,(H,17,18).